The molecule has 0 aliphatic rings. The van der Waals surface area contributed by atoms with Crippen molar-refractivity contribution < 1.29 is 14.8 Å². The molecular weight excluding hydrogens is 440 g/mol. The van der Waals surface area contributed by atoms with Gasteiger partial charge in [0, 0.05) is 12.1 Å². The van der Waals surface area contributed by atoms with Gasteiger partial charge in [0.05, 0.1) is 30.0 Å². The molecule has 1 unspecified atom stereocenters. The summed E-state index contributed by atoms with van der Waals surface area (Å²) in [4.78, 5) is 23.8. The van der Waals surface area contributed by atoms with E-state index in [1.54, 1.807) is 30.3 Å². The van der Waals surface area contributed by atoms with Crippen LogP contribution in [0.5, 0.6) is 0 Å². The third-order valence-corrected chi connectivity index (χ3v) is 4.68. The van der Waals surface area contributed by atoms with Crippen LogP contribution in [0.1, 0.15) is 36.3 Å². The van der Waals surface area contributed by atoms with Gasteiger partial charge in [0.1, 0.15) is 5.92 Å². The highest BCUT2D eigenvalue weighted by Gasteiger charge is 2.19. The van der Waals surface area contributed by atoms with E-state index in [2.05, 4.69) is 21.9 Å². The van der Waals surface area contributed by atoms with Crippen LogP contribution < -0.4 is 27.2 Å². The van der Waals surface area contributed by atoms with Crippen molar-refractivity contribution in [1.82, 2.24) is 10.9 Å². The van der Waals surface area contributed by atoms with Crippen LogP contribution in [-0.2, 0) is 11.2 Å². The highest BCUT2D eigenvalue weighted by molar-refractivity contribution is 5.95. The highest BCUT2D eigenvalue weighted by atomic mass is 16.8. The summed E-state index contributed by atoms with van der Waals surface area (Å²) in [6.07, 6.45) is 0.807. The first-order valence-electron chi connectivity index (χ1n) is 10.1. The van der Waals surface area contributed by atoms with Crippen LogP contribution >= 0.6 is 0 Å². The number of nitrogens with two attached hydrogens (primary N) is 1. The van der Waals surface area contributed by atoms with Crippen molar-refractivity contribution >= 4 is 29.0 Å². The Balaban J connectivity index is 2.08. The predicted molar refractivity (Wildman–Crippen MR) is 124 cm³/mol. The van der Waals surface area contributed by atoms with E-state index in [0.717, 1.165) is 5.56 Å². The number of amides is 3. The van der Waals surface area contributed by atoms with Crippen molar-refractivity contribution in [2.24, 2.45) is 10.9 Å². The summed E-state index contributed by atoms with van der Waals surface area (Å²) in [5.41, 5.74) is 6.11. The molecule has 12 nitrogen and oxygen atoms in total. The van der Waals surface area contributed by atoms with Crippen molar-refractivity contribution in [3.8, 4) is 12.1 Å². The number of hydrogen-bond acceptors (Lipinski definition) is 9. The average molecular weight is 463 g/mol. The molecule has 176 valence electrons. The zero-order valence-corrected chi connectivity index (χ0v) is 18.1. The zero-order valence-electron chi connectivity index (χ0n) is 18.1. The molecule has 34 heavy (non-hydrogen) atoms. The molecule has 0 saturated carbocycles. The number of nitrogens with zero attached hydrogens (tertiary/aromatic N) is 4. The molecular formula is C22H23N8O4-. The van der Waals surface area contributed by atoms with E-state index < -0.39 is 11.9 Å². The van der Waals surface area contributed by atoms with Crippen molar-refractivity contribution in [1.29, 1.82) is 10.5 Å². The number of nitrogens with one attached hydrogen (secondary N) is 3. The van der Waals surface area contributed by atoms with E-state index >= 15 is 0 Å². The number of carbonyl (C=O) groups is 2. The number of urea groups is 1. The Morgan fingerprint density at radius 1 is 1.18 bits per heavy atom. The summed E-state index contributed by atoms with van der Waals surface area (Å²) in [6, 6.07) is 16.1. The first-order chi connectivity index (χ1) is 16.4. The summed E-state index contributed by atoms with van der Waals surface area (Å²) in [5, 5.41) is 44.9. The van der Waals surface area contributed by atoms with Gasteiger partial charge in [-0.3, -0.25) is 15.4 Å². The zero-order chi connectivity index (χ0) is 24.9. The smallest absolute Gasteiger partial charge is 0.349 e. The van der Waals surface area contributed by atoms with Gasteiger partial charge >= 0.3 is 6.03 Å². The molecule has 0 saturated heterocycles. The van der Waals surface area contributed by atoms with E-state index in [-0.39, 0.29) is 36.1 Å². The Bertz CT molecular complexity index is 1100. The quantitative estimate of drug-likeness (QED) is 0.153. The second-order valence-electron chi connectivity index (χ2n) is 7.05. The third kappa shape index (κ3) is 7.89. The Morgan fingerprint density at radius 3 is 2.53 bits per heavy atom. The fourth-order valence-electron chi connectivity index (χ4n) is 3.04. The molecule has 0 heterocycles. The summed E-state index contributed by atoms with van der Waals surface area (Å²) in [7, 11) is 0. The first kappa shape index (κ1) is 25.8. The standard InChI is InChI=1S/C22H23N8O4/c23-12-11-15-7-9-16(10-8-15)19(14-24)20(28-29-22(32)27-25)5-2-6-21(31)26-17-3-1-4-18(13-17)30(33)34/h1,3-4,7-10,13,19,33H,2,5-6,11,25H2,(H,26,31)(H2,27,29,32)/q-1/b28-20+. The number of hydrazine groups is 1. The predicted octanol–water partition coefficient (Wildman–Crippen LogP) is 2.39. The van der Waals surface area contributed by atoms with E-state index in [1.807, 2.05) is 11.5 Å². The van der Waals surface area contributed by atoms with Crippen LogP contribution in [0, 0.1) is 27.9 Å². The fraction of sp³-hybridized carbons (Fsp3) is 0.227. The lowest BCUT2D eigenvalue weighted by Gasteiger charge is -2.22. The molecule has 0 bridgehead atoms. The summed E-state index contributed by atoms with van der Waals surface area (Å²) in [5.74, 6) is 3.89. The molecule has 12 heteroatoms. The lowest BCUT2D eigenvalue weighted by molar-refractivity contribution is -0.116. The molecule has 0 aliphatic carbocycles. The van der Waals surface area contributed by atoms with Crippen LogP contribution in [0.25, 0.3) is 0 Å². The molecule has 0 aromatic heterocycles. The topological polar surface area (TPSA) is 203 Å². The van der Waals surface area contributed by atoms with Gasteiger partial charge in [0.15, 0.2) is 0 Å². The molecule has 2 aromatic rings. The molecule has 0 spiro atoms. The van der Waals surface area contributed by atoms with Gasteiger partial charge < -0.3 is 15.8 Å². The molecule has 2 rings (SSSR count). The van der Waals surface area contributed by atoms with Crippen molar-refractivity contribution in [2.75, 3.05) is 10.5 Å². The third-order valence-electron chi connectivity index (χ3n) is 4.68. The molecule has 2 aromatic carbocycles. The largest absolute Gasteiger partial charge is 0.733 e. The van der Waals surface area contributed by atoms with Gasteiger partial charge in [-0.25, -0.2) is 16.1 Å². The first-order valence-corrected chi connectivity index (χ1v) is 10.1. The maximum Gasteiger partial charge on any atom is 0.349 e. The lowest BCUT2D eigenvalue weighted by Crippen LogP contribution is -2.38. The minimum absolute atomic E-state index is 0.0332. The number of carbonyl (C=O) groups excluding carboxylic acids is 2. The van der Waals surface area contributed by atoms with Gasteiger partial charge in [-0.2, -0.15) is 15.6 Å². The van der Waals surface area contributed by atoms with Crippen molar-refractivity contribution in [2.45, 2.75) is 31.6 Å². The number of benzene rings is 2. The maximum atomic E-state index is 12.3. The van der Waals surface area contributed by atoms with Gasteiger partial charge in [-0.15, -0.1) is 0 Å². The number of hydrogen-bond donors (Lipinski definition) is 5. The minimum Gasteiger partial charge on any atom is -0.733 e. The number of hydrazone groups is 1. The second-order valence-corrected chi connectivity index (χ2v) is 7.05. The van der Waals surface area contributed by atoms with Crippen LogP contribution in [0.3, 0.4) is 0 Å². The Hall–Kier alpha value is -4.49. The van der Waals surface area contributed by atoms with Crippen LogP contribution in [-0.4, -0.2) is 22.9 Å². The SMILES string of the molecule is N#CCc1ccc(C(C#N)/C(CCCC(=O)Nc2cccc(N([O-])O)c2)=N/NC(=O)NN)cc1. The second kappa shape index (κ2) is 13.1. The molecule has 1 atom stereocenters. The van der Waals surface area contributed by atoms with E-state index in [9.17, 15) is 20.1 Å². The normalized spacial score (nSPS) is 11.5. The summed E-state index contributed by atoms with van der Waals surface area (Å²) in [6.45, 7) is 0. The average Bonchev–Trinajstić information content (AvgIpc) is 2.83. The summed E-state index contributed by atoms with van der Waals surface area (Å²) >= 11 is 0. The van der Waals surface area contributed by atoms with Crippen molar-refractivity contribution in [3.63, 3.8) is 0 Å². The highest BCUT2D eigenvalue weighted by Crippen LogP contribution is 2.22. The lowest BCUT2D eigenvalue weighted by atomic mass is 9.91. The molecule has 0 radical (unpaired) electrons. The number of rotatable bonds is 10. The van der Waals surface area contributed by atoms with Crippen LogP contribution in [0.2, 0.25) is 0 Å². The van der Waals surface area contributed by atoms with Gasteiger partial charge in [-0.05, 0) is 42.2 Å². The summed E-state index contributed by atoms with van der Waals surface area (Å²) < 4.78 is 0. The van der Waals surface area contributed by atoms with E-state index in [4.69, 9.17) is 16.3 Å². The van der Waals surface area contributed by atoms with Crippen LogP contribution in [0.15, 0.2) is 53.6 Å². The molecule has 0 fully saturated rings. The number of nitriles is 2. The van der Waals surface area contributed by atoms with Gasteiger partial charge in [0.25, 0.3) is 0 Å². The Morgan fingerprint density at radius 2 is 1.91 bits per heavy atom. The van der Waals surface area contributed by atoms with Gasteiger partial charge in [-0.1, -0.05) is 30.3 Å². The fourth-order valence-corrected chi connectivity index (χ4v) is 3.04. The number of anilines is 2. The Labute approximate surface area is 195 Å². The van der Waals surface area contributed by atoms with E-state index in [1.165, 1.54) is 18.2 Å². The molecule has 6 N–H and O–H groups in total. The Kier molecular flexibility index (Phi) is 9.96. The van der Waals surface area contributed by atoms with Crippen LogP contribution in [0.4, 0.5) is 16.2 Å². The maximum absolute atomic E-state index is 12.3. The monoisotopic (exact) mass is 463 g/mol. The van der Waals surface area contributed by atoms with Crippen molar-refractivity contribution in [3.05, 3.63) is 64.9 Å². The van der Waals surface area contributed by atoms with E-state index in [0.29, 0.717) is 23.4 Å². The van der Waals surface area contributed by atoms with Gasteiger partial charge in [0.2, 0.25) is 5.91 Å². The minimum atomic E-state index is -0.804. The molecule has 3 amide bonds. The molecule has 0 aliphatic heterocycles.